The molecule has 2 aromatic heterocycles. The van der Waals surface area contributed by atoms with Crippen LogP contribution in [0, 0.1) is 0 Å². The van der Waals surface area contributed by atoms with Crippen LogP contribution in [0.1, 0.15) is 54.2 Å². The summed E-state index contributed by atoms with van der Waals surface area (Å²) in [4.78, 5) is 13.7. The molecule has 1 amide bonds. The average molecular weight is 545 g/mol. The molecule has 2 heterocycles. The van der Waals surface area contributed by atoms with Crippen molar-refractivity contribution in [1.29, 1.82) is 0 Å². The fourth-order valence-electron chi connectivity index (χ4n) is 4.36. The van der Waals surface area contributed by atoms with Crippen molar-refractivity contribution < 1.29 is 17.4 Å². The van der Waals surface area contributed by atoms with Crippen LogP contribution >= 0.6 is 22.9 Å². The van der Waals surface area contributed by atoms with Crippen molar-refractivity contribution in [3.8, 4) is 0 Å². The SMILES string of the molecule is COS(=O)(=O)C(C)(C)c1ccc2sc(C(=O)Nc3cc(Cl)cc(C(C)(C)c4cccn4C)c3)cc2c1. The van der Waals surface area contributed by atoms with Crippen LogP contribution in [-0.2, 0) is 31.5 Å². The monoisotopic (exact) mass is 544 g/mol. The topological polar surface area (TPSA) is 77.4 Å². The van der Waals surface area contributed by atoms with Crippen molar-refractivity contribution >= 4 is 54.7 Å². The molecule has 9 heteroatoms. The number of amides is 1. The van der Waals surface area contributed by atoms with Gasteiger partial charge in [0.1, 0.15) is 4.75 Å². The van der Waals surface area contributed by atoms with Crippen molar-refractivity contribution in [3.63, 3.8) is 0 Å². The average Bonchev–Trinajstić information content (AvgIpc) is 3.44. The molecule has 6 nitrogen and oxygen atoms in total. The largest absolute Gasteiger partial charge is 0.354 e. The van der Waals surface area contributed by atoms with Crippen molar-refractivity contribution in [2.45, 2.75) is 37.9 Å². The van der Waals surface area contributed by atoms with E-state index in [0.717, 1.165) is 28.5 Å². The van der Waals surface area contributed by atoms with E-state index < -0.39 is 14.9 Å². The minimum atomic E-state index is -3.80. The Morgan fingerprint density at radius 2 is 1.75 bits per heavy atom. The first kappa shape index (κ1) is 26.4. The zero-order valence-electron chi connectivity index (χ0n) is 21.0. The highest BCUT2D eigenvalue weighted by Gasteiger charge is 2.36. The molecule has 4 rings (SSSR count). The van der Waals surface area contributed by atoms with Gasteiger partial charge in [0.15, 0.2) is 0 Å². The summed E-state index contributed by atoms with van der Waals surface area (Å²) >= 11 is 7.79. The summed E-state index contributed by atoms with van der Waals surface area (Å²) in [5, 5.41) is 4.30. The van der Waals surface area contributed by atoms with Crippen molar-refractivity contribution in [2.75, 3.05) is 12.4 Å². The number of fused-ring (bicyclic) bond motifs is 1. The number of carbonyl (C=O) groups is 1. The molecule has 0 atom stereocenters. The lowest BCUT2D eigenvalue weighted by atomic mass is 9.81. The Hall–Kier alpha value is -2.65. The summed E-state index contributed by atoms with van der Waals surface area (Å²) in [5.41, 5.74) is 2.97. The lowest BCUT2D eigenvalue weighted by Gasteiger charge is -2.27. The number of aryl methyl sites for hydroxylation is 1. The van der Waals surface area contributed by atoms with Gasteiger partial charge in [-0.05, 0) is 78.9 Å². The fraction of sp³-hybridized carbons (Fsp3) is 0.296. The normalized spacial score (nSPS) is 12.8. The third-order valence-corrected chi connectivity index (χ3v) is 10.00. The lowest BCUT2D eigenvalue weighted by Crippen LogP contribution is -2.30. The second kappa shape index (κ2) is 9.34. The van der Waals surface area contributed by atoms with Gasteiger partial charge in [-0.2, -0.15) is 8.42 Å². The van der Waals surface area contributed by atoms with Crippen LogP contribution in [0.3, 0.4) is 0 Å². The number of anilines is 1. The van der Waals surface area contributed by atoms with Crippen molar-refractivity contribution in [2.24, 2.45) is 7.05 Å². The number of hydrogen-bond acceptors (Lipinski definition) is 5. The second-order valence-electron chi connectivity index (χ2n) is 9.81. The number of benzene rings is 2. The number of halogens is 1. The standard InChI is InChI=1S/C27H29ClN2O4S2/c1-26(2,24-8-7-11-30(24)5)19-14-20(28)16-21(15-19)29-25(31)23-13-17-12-18(9-10-22(17)35-23)27(3,4)36(32,33)34-6/h7-16H,1-6H3,(H,29,31). The Kier molecular flexibility index (Phi) is 6.85. The summed E-state index contributed by atoms with van der Waals surface area (Å²) < 4.78 is 31.3. The van der Waals surface area contributed by atoms with Crippen LogP contribution in [0.4, 0.5) is 5.69 Å². The quantitative estimate of drug-likeness (QED) is 0.263. The van der Waals surface area contributed by atoms with Crippen LogP contribution in [0.25, 0.3) is 10.1 Å². The lowest BCUT2D eigenvalue weighted by molar-refractivity contribution is 0.103. The highest BCUT2D eigenvalue weighted by atomic mass is 35.5. The van der Waals surface area contributed by atoms with E-state index in [2.05, 4.69) is 29.8 Å². The highest BCUT2D eigenvalue weighted by Crippen LogP contribution is 2.37. The van der Waals surface area contributed by atoms with E-state index in [1.54, 1.807) is 38.1 Å². The molecule has 36 heavy (non-hydrogen) atoms. The molecule has 0 saturated carbocycles. The van der Waals surface area contributed by atoms with Gasteiger partial charge < -0.3 is 9.88 Å². The Morgan fingerprint density at radius 3 is 2.39 bits per heavy atom. The van der Waals surface area contributed by atoms with Gasteiger partial charge in [-0.15, -0.1) is 11.3 Å². The second-order valence-corrected chi connectivity index (χ2v) is 13.6. The van der Waals surface area contributed by atoms with E-state index >= 15 is 0 Å². The molecule has 0 aliphatic heterocycles. The molecule has 0 aliphatic carbocycles. The van der Waals surface area contributed by atoms with Gasteiger partial charge in [0.2, 0.25) is 0 Å². The molecule has 0 bridgehead atoms. The highest BCUT2D eigenvalue weighted by molar-refractivity contribution is 7.87. The molecule has 0 fully saturated rings. The smallest absolute Gasteiger partial charge is 0.276 e. The van der Waals surface area contributed by atoms with E-state index in [9.17, 15) is 13.2 Å². The van der Waals surface area contributed by atoms with Crippen molar-refractivity contribution in [3.05, 3.63) is 87.5 Å². The minimum absolute atomic E-state index is 0.258. The van der Waals surface area contributed by atoms with Gasteiger partial charge in [0.05, 0.1) is 12.0 Å². The Morgan fingerprint density at radius 1 is 1.03 bits per heavy atom. The molecule has 2 aromatic carbocycles. The molecule has 0 unspecified atom stereocenters. The zero-order valence-corrected chi connectivity index (χ0v) is 23.4. The predicted octanol–water partition coefficient (Wildman–Crippen LogP) is 6.68. The number of rotatable bonds is 7. The molecule has 190 valence electrons. The molecule has 0 saturated heterocycles. The van der Waals surface area contributed by atoms with Crippen LogP contribution in [0.5, 0.6) is 0 Å². The first-order valence-corrected chi connectivity index (χ1v) is 13.9. The molecule has 0 aliphatic rings. The summed E-state index contributed by atoms with van der Waals surface area (Å²) in [7, 11) is -0.638. The maximum Gasteiger partial charge on any atom is 0.276 e. The summed E-state index contributed by atoms with van der Waals surface area (Å²) in [5.74, 6) is -0.258. The number of carbonyl (C=O) groups excluding carboxylic acids is 1. The molecule has 0 spiro atoms. The van der Waals surface area contributed by atoms with E-state index in [1.807, 2.05) is 37.5 Å². The Balaban J connectivity index is 1.63. The number of nitrogens with zero attached hydrogens (tertiary/aromatic N) is 1. The Labute approximate surface area is 221 Å². The molecule has 0 radical (unpaired) electrons. The molecule has 4 aromatic rings. The van der Waals surface area contributed by atoms with Crippen LogP contribution in [-0.4, -0.2) is 26.0 Å². The van der Waals surface area contributed by atoms with Gasteiger partial charge >= 0.3 is 0 Å². The van der Waals surface area contributed by atoms with E-state index in [1.165, 1.54) is 11.3 Å². The first-order valence-electron chi connectivity index (χ1n) is 11.3. The van der Waals surface area contributed by atoms with Gasteiger partial charge in [-0.3, -0.25) is 8.98 Å². The van der Waals surface area contributed by atoms with Gasteiger partial charge in [-0.1, -0.05) is 31.5 Å². The molecular formula is C27H29ClN2O4S2. The number of aromatic nitrogens is 1. The van der Waals surface area contributed by atoms with Crippen LogP contribution in [0.15, 0.2) is 60.8 Å². The maximum absolute atomic E-state index is 13.2. The zero-order chi connectivity index (χ0) is 26.5. The summed E-state index contributed by atoms with van der Waals surface area (Å²) in [6.07, 6.45) is 2.00. The van der Waals surface area contributed by atoms with Crippen LogP contribution in [0.2, 0.25) is 5.02 Å². The first-order chi connectivity index (χ1) is 16.8. The fourth-order valence-corrected chi connectivity index (χ4v) is 6.36. The van der Waals surface area contributed by atoms with Gasteiger partial charge in [0.25, 0.3) is 16.0 Å². The third kappa shape index (κ3) is 4.70. The van der Waals surface area contributed by atoms with Crippen molar-refractivity contribution in [1.82, 2.24) is 4.57 Å². The number of thiophene rings is 1. The summed E-state index contributed by atoms with van der Waals surface area (Å²) in [6.45, 7) is 7.43. The van der Waals surface area contributed by atoms with E-state index in [0.29, 0.717) is 21.2 Å². The number of nitrogens with one attached hydrogen (secondary N) is 1. The minimum Gasteiger partial charge on any atom is -0.354 e. The van der Waals surface area contributed by atoms with E-state index in [4.69, 9.17) is 15.8 Å². The molecule has 1 N–H and O–H groups in total. The number of hydrogen-bond donors (Lipinski definition) is 1. The van der Waals surface area contributed by atoms with Gasteiger partial charge in [-0.25, -0.2) is 0 Å². The Bertz CT molecular complexity index is 1570. The summed E-state index contributed by atoms with van der Waals surface area (Å²) in [6, 6.07) is 16.8. The van der Waals surface area contributed by atoms with E-state index in [-0.39, 0.29) is 11.3 Å². The molecular weight excluding hydrogens is 516 g/mol. The van der Waals surface area contributed by atoms with Gasteiger partial charge in [0, 0.05) is 39.8 Å². The van der Waals surface area contributed by atoms with Crippen LogP contribution < -0.4 is 5.32 Å². The third-order valence-electron chi connectivity index (χ3n) is 6.74. The maximum atomic E-state index is 13.2. The predicted molar refractivity (Wildman–Crippen MR) is 148 cm³/mol.